The number of halogens is 1. The van der Waals surface area contributed by atoms with Crippen LogP contribution in [0.3, 0.4) is 0 Å². The summed E-state index contributed by atoms with van der Waals surface area (Å²) in [6.07, 6.45) is 2.89. The summed E-state index contributed by atoms with van der Waals surface area (Å²) in [6, 6.07) is 21.1. The molecule has 42 heavy (non-hydrogen) atoms. The normalized spacial score (nSPS) is 13.2. The Morgan fingerprint density at radius 2 is 1.76 bits per heavy atom. The van der Waals surface area contributed by atoms with Crippen LogP contribution in [0.25, 0.3) is 22.0 Å². The molecule has 8 nitrogen and oxygen atoms in total. The first-order valence-electron chi connectivity index (χ1n) is 13.4. The van der Waals surface area contributed by atoms with Crippen LogP contribution in [0.4, 0.5) is 0 Å². The third kappa shape index (κ3) is 5.97. The molecule has 4 aromatic rings. The second-order valence-electron chi connectivity index (χ2n) is 10.4. The molecule has 1 aromatic heterocycles. The largest absolute Gasteiger partial charge is 0.403 e. The van der Waals surface area contributed by atoms with Crippen molar-refractivity contribution in [3.05, 3.63) is 130 Å². The molecule has 4 N–H and O–H groups in total. The molecule has 0 saturated carbocycles. The van der Waals surface area contributed by atoms with Crippen molar-refractivity contribution in [3.63, 3.8) is 0 Å². The molecule has 9 heteroatoms. The van der Waals surface area contributed by atoms with E-state index in [0.717, 1.165) is 10.9 Å². The van der Waals surface area contributed by atoms with E-state index in [9.17, 15) is 14.7 Å². The van der Waals surface area contributed by atoms with Gasteiger partial charge in [0.25, 0.3) is 11.5 Å². The molecule has 0 aliphatic heterocycles. The van der Waals surface area contributed by atoms with Crippen molar-refractivity contribution in [2.75, 3.05) is 34.2 Å². The van der Waals surface area contributed by atoms with Crippen LogP contribution in [0.5, 0.6) is 0 Å². The summed E-state index contributed by atoms with van der Waals surface area (Å²) in [7, 11) is 7.33. The number of carbonyl (C=O) groups is 1. The molecule has 1 atom stereocenters. The Morgan fingerprint density at radius 3 is 2.38 bits per heavy atom. The number of carbonyl (C=O) groups excluding carboxylic acids is 1. The maximum Gasteiger partial charge on any atom is 0.251 e. The van der Waals surface area contributed by atoms with E-state index in [1.165, 1.54) is 6.20 Å². The summed E-state index contributed by atoms with van der Waals surface area (Å²) >= 11 is 6.30. The van der Waals surface area contributed by atoms with Crippen LogP contribution in [0.1, 0.15) is 21.5 Å². The van der Waals surface area contributed by atoms with E-state index in [0.29, 0.717) is 51.6 Å². The number of aromatic nitrogens is 1. The van der Waals surface area contributed by atoms with Crippen molar-refractivity contribution in [1.29, 1.82) is 0 Å². The molecular formula is C33H36ClN5O3. The van der Waals surface area contributed by atoms with Crippen LogP contribution in [-0.4, -0.2) is 59.6 Å². The number of aryl methyl sites for hydroxylation is 1. The number of nitrogens with one attached hydrogen (secondary N) is 1. The highest BCUT2D eigenvalue weighted by Gasteiger charge is 2.38. The number of hydrogen-bond acceptors (Lipinski definition) is 6. The number of likely N-dealkylation sites (N-methyl/N-ethyl adjacent to an activating group) is 2. The number of nitrogens with two attached hydrogens (primary N) is 1. The van der Waals surface area contributed by atoms with Gasteiger partial charge in [-0.2, -0.15) is 0 Å². The van der Waals surface area contributed by atoms with Gasteiger partial charge in [0.2, 0.25) is 0 Å². The van der Waals surface area contributed by atoms with Gasteiger partial charge in [-0.1, -0.05) is 48.5 Å². The first-order valence-corrected chi connectivity index (χ1v) is 13.8. The Bertz CT molecular complexity index is 1710. The van der Waals surface area contributed by atoms with E-state index in [2.05, 4.69) is 11.9 Å². The minimum Gasteiger partial charge on any atom is -0.403 e. The molecule has 0 radical (unpaired) electrons. The Balaban J connectivity index is 1.91. The summed E-state index contributed by atoms with van der Waals surface area (Å²) in [5.41, 5.74) is 8.16. The molecule has 0 spiro atoms. The number of amides is 1. The summed E-state index contributed by atoms with van der Waals surface area (Å²) < 4.78 is 1.56. The first-order chi connectivity index (χ1) is 20.0. The smallest absolute Gasteiger partial charge is 0.251 e. The van der Waals surface area contributed by atoms with Crippen molar-refractivity contribution < 1.29 is 9.90 Å². The zero-order chi connectivity index (χ0) is 30.6. The maximum atomic E-state index is 12.9. The second kappa shape index (κ2) is 12.7. The van der Waals surface area contributed by atoms with E-state index in [-0.39, 0.29) is 11.5 Å². The van der Waals surface area contributed by atoms with Gasteiger partial charge in [-0.05, 0) is 78.9 Å². The van der Waals surface area contributed by atoms with E-state index < -0.39 is 5.60 Å². The molecule has 0 bridgehead atoms. The van der Waals surface area contributed by atoms with Gasteiger partial charge < -0.3 is 30.5 Å². The van der Waals surface area contributed by atoms with Gasteiger partial charge in [0.15, 0.2) is 5.60 Å². The number of benzene rings is 3. The molecule has 0 aliphatic carbocycles. The lowest BCUT2D eigenvalue weighted by atomic mass is 9.81. The second-order valence-corrected chi connectivity index (χ2v) is 10.8. The number of nitrogens with zero attached hydrogens (tertiary/aromatic N) is 3. The molecule has 1 heterocycles. The van der Waals surface area contributed by atoms with E-state index in [1.54, 1.807) is 84.4 Å². The molecule has 1 unspecified atom stereocenters. The fourth-order valence-electron chi connectivity index (χ4n) is 4.99. The maximum absolute atomic E-state index is 12.9. The van der Waals surface area contributed by atoms with Gasteiger partial charge in [0.05, 0.1) is 11.2 Å². The van der Waals surface area contributed by atoms with Crippen LogP contribution in [0.2, 0.25) is 5.02 Å². The van der Waals surface area contributed by atoms with Gasteiger partial charge in [-0.3, -0.25) is 9.59 Å². The van der Waals surface area contributed by atoms with Crippen molar-refractivity contribution in [1.82, 2.24) is 19.7 Å². The molecule has 3 aromatic carbocycles. The van der Waals surface area contributed by atoms with E-state index >= 15 is 0 Å². The summed E-state index contributed by atoms with van der Waals surface area (Å²) in [4.78, 5) is 29.2. The third-order valence-corrected chi connectivity index (χ3v) is 7.63. The number of aliphatic hydroxyl groups is 1. The summed E-state index contributed by atoms with van der Waals surface area (Å²) in [5, 5.41) is 16.8. The molecule has 0 fully saturated rings. The zero-order valence-electron chi connectivity index (χ0n) is 24.3. The Hall–Kier alpha value is -4.37. The molecule has 218 valence electrons. The fraction of sp³-hybridized carbons (Fsp3) is 0.212. The Labute approximate surface area is 250 Å². The fourth-order valence-corrected chi connectivity index (χ4v) is 5.18. The molecule has 1 amide bonds. The Morgan fingerprint density at radius 1 is 1.07 bits per heavy atom. The van der Waals surface area contributed by atoms with Crippen molar-refractivity contribution in [3.8, 4) is 11.1 Å². The number of rotatable bonds is 10. The standard InChI is InChI=1S/C33H36ClN5O3/c1-6-38(4)30(21-35)33(42,24-12-10-22(11-13-24)32(41)36-16-17-37(2)3)25-14-15-29-28(19-25)27(20-31(40)39(29)5)23-8-7-9-26(34)18-23/h6-15,18-21,42H,1,16-17,35H2,2-5H3,(H,36,41)/b30-21-. The van der Waals surface area contributed by atoms with Crippen LogP contribution < -0.4 is 16.6 Å². The lowest BCUT2D eigenvalue weighted by Gasteiger charge is -2.36. The lowest BCUT2D eigenvalue weighted by molar-refractivity contribution is 0.0941. The molecular weight excluding hydrogens is 550 g/mol. The van der Waals surface area contributed by atoms with Gasteiger partial charge in [-0.15, -0.1) is 0 Å². The van der Waals surface area contributed by atoms with Crippen LogP contribution >= 0.6 is 11.6 Å². The van der Waals surface area contributed by atoms with Crippen LogP contribution in [0, 0.1) is 0 Å². The molecule has 0 saturated heterocycles. The van der Waals surface area contributed by atoms with Crippen molar-refractivity contribution >= 4 is 28.4 Å². The van der Waals surface area contributed by atoms with Crippen molar-refractivity contribution in [2.45, 2.75) is 5.60 Å². The number of pyridine rings is 1. The van der Waals surface area contributed by atoms with Crippen molar-refractivity contribution in [2.24, 2.45) is 12.8 Å². The Kier molecular flexibility index (Phi) is 9.21. The minimum absolute atomic E-state index is 0.172. The average Bonchev–Trinajstić information content (AvgIpc) is 2.98. The van der Waals surface area contributed by atoms with E-state index in [1.807, 2.05) is 37.2 Å². The number of hydrogen-bond donors (Lipinski definition) is 3. The predicted molar refractivity (Wildman–Crippen MR) is 170 cm³/mol. The highest BCUT2D eigenvalue weighted by molar-refractivity contribution is 6.30. The van der Waals surface area contributed by atoms with Gasteiger partial charge in [0, 0.05) is 55.4 Å². The minimum atomic E-state index is -1.74. The highest BCUT2D eigenvalue weighted by Crippen LogP contribution is 2.40. The third-order valence-electron chi connectivity index (χ3n) is 7.39. The van der Waals surface area contributed by atoms with Gasteiger partial charge >= 0.3 is 0 Å². The monoisotopic (exact) mass is 585 g/mol. The number of fused-ring (bicyclic) bond motifs is 1. The molecule has 0 aliphatic rings. The summed E-state index contributed by atoms with van der Waals surface area (Å²) in [5.74, 6) is -0.206. The van der Waals surface area contributed by atoms with Gasteiger partial charge in [0.1, 0.15) is 0 Å². The van der Waals surface area contributed by atoms with Crippen LogP contribution in [-0.2, 0) is 12.6 Å². The summed E-state index contributed by atoms with van der Waals surface area (Å²) in [6.45, 7) is 5.08. The predicted octanol–water partition coefficient (Wildman–Crippen LogP) is 4.26. The lowest BCUT2D eigenvalue weighted by Crippen LogP contribution is -2.37. The average molecular weight is 586 g/mol. The quantitative estimate of drug-likeness (QED) is 0.257. The van der Waals surface area contributed by atoms with Gasteiger partial charge in [-0.25, -0.2) is 0 Å². The van der Waals surface area contributed by atoms with Crippen LogP contribution in [0.15, 0.2) is 102 Å². The zero-order valence-corrected chi connectivity index (χ0v) is 25.0. The first kappa shape index (κ1) is 30.6. The highest BCUT2D eigenvalue weighted by atomic mass is 35.5. The van der Waals surface area contributed by atoms with E-state index in [4.69, 9.17) is 17.3 Å². The topological polar surface area (TPSA) is 104 Å². The molecule has 4 rings (SSSR count). The SMILES string of the molecule is C=CN(C)/C(=C\N)C(O)(c1ccc(C(=O)NCCN(C)C)cc1)c1ccc2c(c1)c(-c1cccc(Cl)c1)cc(=O)n2C.